The molecule has 1 saturated heterocycles. The summed E-state index contributed by atoms with van der Waals surface area (Å²) in [5.74, 6) is -0.000704. The zero-order chi connectivity index (χ0) is 21.9. The Balaban J connectivity index is 0.00000259. The second-order valence-corrected chi connectivity index (χ2v) is 9.06. The minimum atomic E-state index is -0.000704. The van der Waals surface area contributed by atoms with Crippen molar-refractivity contribution < 1.29 is 4.79 Å². The van der Waals surface area contributed by atoms with Crippen LogP contribution in [0.25, 0.3) is 11.1 Å². The van der Waals surface area contributed by atoms with E-state index < -0.39 is 0 Å². The summed E-state index contributed by atoms with van der Waals surface area (Å²) < 4.78 is 0. The van der Waals surface area contributed by atoms with Crippen molar-refractivity contribution in [1.82, 2.24) is 19.8 Å². The summed E-state index contributed by atoms with van der Waals surface area (Å²) in [6, 6.07) is 16.4. The van der Waals surface area contributed by atoms with E-state index in [1.54, 1.807) is 12.4 Å². The maximum atomic E-state index is 12.7. The van der Waals surface area contributed by atoms with Crippen molar-refractivity contribution in [2.75, 3.05) is 19.6 Å². The molecule has 3 heterocycles. The molecule has 0 spiro atoms. The van der Waals surface area contributed by atoms with E-state index in [1.165, 1.54) is 53.5 Å². The van der Waals surface area contributed by atoms with E-state index in [2.05, 4.69) is 64.3 Å². The van der Waals surface area contributed by atoms with E-state index in [-0.39, 0.29) is 18.3 Å². The number of halogens is 1. The average Bonchev–Trinajstić information content (AvgIpc) is 3.27. The predicted molar refractivity (Wildman–Crippen MR) is 134 cm³/mol. The summed E-state index contributed by atoms with van der Waals surface area (Å²) in [7, 11) is 0. The third-order valence-corrected chi connectivity index (χ3v) is 6.98. The molecule has 0 bridgehead atoms. The lowest BCUT2D eigenvalue weighted by Gasteiger charge is -2.29. The number of likely N-dealkylation sites (tertiary alicyclic amines) is 1. The number of benzene rings is 2. The van der Waals surface area contributed by atoms with E-state index in [0.717, 1.165) is 32.0 Å². The average molecular weight is 463 g/mol. The molecule has 1 fully saturated rings. The molecule has 0 unspecified atom stereocenters. The molecule has 2 aliphatic rings. The summed E-state index contributed by atoms with van der Waals surface area (Å²) in [4.78, 5) is 25.2. The van der Waals surface area contributed by atoms with Crippen LogP contribution in [0.15, 0.2) is 61.2 Å². The van der Waals surface area contributed by atoms with Crippen LogP contribution < -0.4 is 0 Å². The maximum Gasteiger partial charge on any atom is 0.257 e. The Morgan fingerprint density at radius 1 is 1.00 bits per heavy atom. The van der Waals surface area contributed by atoms with Gasteiger partial charge in [-0.15, -0.1) is 12.4 Å². The van der Waals surface area contributed by atoms with Crippen LogP contribution in [0, 0.1) is 0 Å². The Morgan fingerprint density at radius 2 is 1.76 bits per heavy atom. The lowest BCUT2D eigenvalue weighted by Crippen LogP contribution is -2.36. The number of fused-ring (bicyclic) bond motifs is 1. The molecule has 1 aromatic heterocycles. The standard InChI is InChI=1S/C27H30N4O.ClH/c1-20-3-2-12-30(20)13-10-21-4-6-22(7-5-21)23-8-9-25-18-31(14-11-24(25)15-23)27(32)26-16-28-19-29-17-26;/h4-9,15-17,19-20H,2-3,10-14,18H2,1H3;1H/t20-;/m1./s1. The molecular weight excluding hydrogens is 432 g/mol. The number of aromatic nitrogens is 2. The third kappa shape index (κ3) is 5.26. The number of hydrogen-bond acceptors (Lipinski definition) is 4. The normalized spacial score (nSPS) is 18.0. The first kappa shape index (κ1) is 23.4. The van der Waals surface area contributed by atoms with Crippen LogP contribution in [-0.4, -0.2) is 51.4 Å². The van der Waals surface area contributed by atoms with Crippen LogP contribution in [0.1, 0.15) is 46.8 Å². The van der Waals surface area contributed by atoms with Crippen LogP contribution in [-0.2, 0) is 19.4 Å². The number of hydrogen-bond donors (Lipinski definition) is 0. The molecular formula is C27H31ClN4O. The number of rotatable bonds is 5. The fourth-order valence-electron chi connectivity index (χ4n) is 4.96. The number of amides is 1. The first-order valence-corrected chi connectivity index (χ1v) is 11.7. The van der Waals surface area contributed by atoms with Crippen molar-refractivity contribution in [1.29, 1.82) is 0 Å². The highest BCUT2D eigenvalue weighted by molar-refractivity contribution is 5.93. The predicted octanol–water partition coefficient (Wildman–Crippen LogP) is 4.79. The van der Waals surface area contributed by atoms with Gasteiger partial charge in [-0.05, 0) is 67.0 Å². The SMILES string of the molecule is C[C@@H]1CCCN1CCc1ccc(-c2ccc3c(c2)CCN(C(=O)c2cncnc2)C3)cc1.Cl. The Labute approximate surface area is 202 Å². The highest BCUT2D eigenvalue weighted by Crippen LogP contribution is 2.27. The minimum absolute atomic E-state index is 0. The summed E-state index contributed by atoms with van der Waals surface area (Å²) >= 11 is 0. The molecule has 2 aromatic carbocycles. The third-order valence-electron chi connectivity index (χ3n) is 6.98. The molecule has 5 rings (SSSR count). The number of carbonyl (C=O) groups is 1. The molecule has 33 heavy (non-hydrogen) atoms. The molecule has 2 aliphatic heterocycles. The lowest BCUT2D eigenvalue weighted by atomic mass is 9.94. The van der Waals surface area contributed by atoms with Crippen LogP contribution in [0.3, 0.4) is 0 Å². The van der Waals surface area contributed by atoms with E-state index in [9.17, 15) is 4.79 Å². The molecule has 1 amide bonds. The van der Waals surface area contributed by atoms with Gasteiger partial charge in [0.05, 0.1) is 5.56 Å². The molecule has 1 atom stereocenters. The molecule has 0 radical (unpaired) electrons. The quantitative estimate of drug-likeness (QED) is 0.547. The zero-order valence-electron chi connectivity index (χ0n) is 19.1. The van der Waals surface area contributed by atoms with Gasteiger partial charge < -0.3 is 9.80 Å². The van der Waals surface area contributed by atoms with Gasteiger partial charge in [-0.1, -0.05) is 42.5 Å². The molecule has 0 saturated carbocycles. The molecule has 172 valence electrons. The van der Waals surface area contributed by atoms with Crippen molar-refractivity contribution in [3.8, 4) is 11.1 Å². The first-order chi connectivity index (χ1) is 15.7. The Kier molecular flexibility index (Phi) is 7.41. The van der Waals surface area contributed by atoms with Crippen LogP contribution >= 0.6 is 12.4 Å². The summed E-state index contributed by atoms with van der Waals surface area (Å²) in [5.41, 5.74) is 7.02. The van der Waals surface area contributed by atoms with Crippen molar-refractivity contribution in [3.63, 3.8) is 0 Å². The molecule has 6 heteroatoms. The first-order valence-electron chi connectivity index (χ1n) is 11.7. The van der Waals surface area contributed by atoms with E-state index in [1.807, 2.05) is 4.90 Å². The van der Waals surface area contributed by atoms with Crippen LogP contribution in [0.4, 0.5) is 0 Å². The fourth-order valence-corrected chi connectivity index (χ4v) is 4.96. The van der Waals surface area contributed by atoms with Crippen molar-refractivity contribution in [2.45, 2.75) is 45.2 Å². The highest BCUT2D eigenvalue weighted by Gasteiger charge is 2.22. The Hall–Kier alpha value is -2.76. The van der Waals surface area contributed by atoms with E-state index >= 15 is 0 Å². The Bertz CT molecular complexity index is 1090. The van der Waals surface area contributed by atoms with Gasteiger partial charge in [0.15, 0.2) is 0 Å². The van der Waals surface area contributed by atoms with Crippen molar-refractivity contribution >= 4 is 18.3 Å². The fraction of sp³-hybridized carbons (Fsp3) is 0.370. The summed E-state index contributed by atoms with van der Waals surface area (Å²) in [6.07, 6.45) is 9.28. The number of carbonyl (C=O) groups excluding carboxylic acids is 1. The van der Waals surface area contributed by atoms with Crippen LogP contribution in [0.2, 0.25) is 0 Å². The zero-order valence-corrected chi connectivity index (χ0v) is 19.9. The van der Waals surface area contributed by atoms with Gasteiger partial charge in [0.1, 0.15) is 6.33 Å². The van der Waals surface area contributed by atoms with E-state index in [0.29, 0.717) is 12.1 Å². The van der Waals surface area contributed by atoms with Gasteiger partial charge in [0.2, 0.25) is 0 Å². The molecule has 5 nitrogen and oxygen atoms in total. The van der Waals surface area contributed by atoms with Gasteiger partial charge in [0.25, 0.3) is 5.91 Å². The van der Waals surface area contributed by atoms with E-state index in [4.69, 9.17) is 0 Å². The second kappa shape index (κ2) is 10.4. The molecule has 0 N–H and O–H groups in total. The topological polar surface area (TPSA) is 49.3 Å². The maximum absolute atomic E-state index is 12.7. The second-order valence-electron chi connectivity index (χ2n) is 9.06. The van der Waals surface area contributed by atoms with Gasteiger partial charge in [0, 0.05) is 38.1 Å². The van der Waals surface area contributed by atoms with Gasteiger partial charge >= 0.3 is 0 Å². The van der Waals surface area contributed by atoms with Crippen molar-refractivity contribution in [3.05, 3.63) is 83.4 Å². The Morgan fingerprint density at radius 3 is 2.48 bits per heavy atom. The lowest BCUT2D eigenvalue weighted by molar-refractivity contribution is 0.0734. The highest BCUT2D eigenvalue weighted by atomic mass is 35.5. The van der Waals surface area contributed by atoms with Gasteiger partial charge in [-0.3, -0.25) is 4.79 Å². The smallest absolute Gasteiger partial charge is 0.257 e. The summed E-state index contributed by atoms with van der Waals surface area (Å²) in [6.45, 7) is 6.10. The molecule has 3 aromatic rings. The van der Waals surface area contributed by atoms with Crippen LogP contribution in [0.5, 0.6) is 0 Å². The monoisotopic (exact) mass is 462 g/mol. The van der Waals surface area contributed by atoms with Gasteiger partial charge in [-0.2, -0.15) is 0 Å². The largest absolute Gasteiger partial charge is 0.334 e. The van der Waals surface area contributed by atoms with Crippen molar-refractivity contribution in [2.24, 2.45) is 0 Å². The molecule has 0 aliphatic carbocycles. The number of nitrogens with zero attached hydrogens (tertiary/aromatic N) is 4. The minimum Gasteiger partial charge on any atom is -0.334 e. The summed E-state index contributed by atoms with van der Waals surface area (Å²) in [5, 5.41) is 0. The van der Waals surface area contributed by atoms with Gasteiger partial charge in [-0.25, -0.2) is 9.97 Å².